The van der Waals surface area contributed by atoms with Gasteiger partial charge >= 0.3 is 0 Å². The van der Waals surface area contributed by atoms with Gasteiger partial charge in [0, 0.05) is 52.1 Å². The molecule has 0 spiro atoms. The summed E-state index contributed by atoms with van der Waals surface area (Å²) in [6.45, 7) is 8.21. The fourth-order valence-corrected chi connectivity index (χ4v) is 5.86. The van der Waals surface area contributed by atoms with Crippen molar-refractivity contribution in [3.63, 3.8) is 0 Å². The molecule has 0 saturated carbocycles. The monoisotopic (exact) mass is 762 g/mol. The third-order valence-corrected chi connectivity index (χ3v) is 8.03. The molecule has 4 aromatic heterocycles. The molecular weight excluding hydrogens is 725 g/mol. The molecule has 3 aromatic carbocycles. The fraction of sp³-hybridized carbons (Fsp3) is 0.211. The number of fused-ring (bicyclic) bond motifs is 5. The van der Waals surface area contributed by atoms with E-state index >= 15 is 0 Å². The Balaban J connectivity index is 0.000000234. The van der Waals surface area contributed by atoms with Gasteiger partial charge in [0.25, 0.3) is 0 Å². The summed E-state index contributed by atoms with van der Waals surface area (Å²) in [7, 11) is 0. The average molecular weight is 762 g/mol. The SMILES string of the molecule is Cc1c[c-]c(-c2ccc(C)cn2)cc1.[2H]C([2H])([2H])c1cnc(-c2[c-]ccc3c2oc2c4ccsc4ccc32)cc1CC(C)(C)C.[Ir]. The van der Waals surface area contributed by atoms with Crippen molar-refractivity contribution < 1.29 is 28.6 Å². The molecule has 0 aliphatic carbocycles. The molecular formula is C38H34IrN2OS-2. The Bertz CT molecular complexity index is 2080. The average Bonchev–Trinajstić information content (AvgIpc) is 3.62. The number of furan rings is 1. The molecule has 0 bridgehead atoms. The maximum atomic E-state index is 7.93. The first-order chi connectivity index (χ1) is 21.4. The van der Waals surface area contributed by atoms with Crippen LogP contribution < -0.4 is 0 Å². The van der Waals surface area contributed by atoms with Gasteiger partial charge in [-0.2, -0.15) is 0 Å². The first-order valence-corrected chi connectivity index (χ1v) is 14.9. The molecule has 7 aromatic rings. The summed E-state index contributed by atoms with van der Waals surface area (Å²) in [6.07, 6.45) is 4.01. The van der Waals surface area contributed by atoms with E-state index in [9.17, 15) is 0 Å². The molecule has 43 heavy (non-hydrogen) atoms. The van der Waals surface area contributed by atoms with E-state index in [1.165, 1.54) is 22.0 Å². The number of thiophene rings is 1. The Morgan fingerprint density at radius 2 is 1.63 bits per heavy atom. The maximum absolute atomic E-state index is 7.93. The van der Waals surface area contributed by atoms with Gasteiger partial charge < -0.3 is 14.4 Å². The molecule has 0 amide bonds. The van der Waals surface area contributed by atoms with Crippen LogP contribution in [0, 0.1) is 38.2 Å². The zero-order valence-electron chi connectivity index (χ0n) is 27.8. The van der Waals surface area contributed by atoms with Gasteiger partial charge in [0.05, 0.1) is 5.58 Å². The van der Waals surface area contributed by atoms with E-state index in [0.717, 1.165) is 49.7 Å². The number of aromatic nitrogens is 2. The van der Waals surface area contributed by atoms with Crippen molar-refractivity contribution in [3.8, 4) is 22.5 Å². The summed E-state index contributed by atoms with van der Waals surface area (Å²) in [5.74, 6) is 0. The minimum atomic E-state index is -2.20. The molecule has 0 unspecified atom stereocenters. The Morgan fingerprint density at radius 3 is 2.35 bits per heavy atom. The van der Waals surface area contributed by atoms with Gasteiger partial charge in [-0.05, 0) is 65.6 Å². The smallest absolute Gasteiger partial charge is 0.129 e. The van der Waals surface area contributed by atoms with Crippen LogP contribution in [0.3, 0.4) is 0 Å². The molecule has 219 valence electrons. The van der Waals surface area contributed by atoms with E-state index in [1.54, 1.807) is 11.3 Å². The Hall–Kier alpha value is -3.63. The maximum Gasteiger partial charge on any atom is 0.129 e. The Labute approximate surface area is 275 Å². The second-order valence-electron chi connectivity index (χ2n) is 11.9. The van der Waals surface area contributed by atoms with Gasteiger partial charge in [0.2, 0.25) is 0 Å². The van der Waals surface area contributed by atoms with Gasteiger partial charge in [0.15, 0.2) is 0 Å². The molecule has 0 aliphatic heterocycles. The van der Waals surface area contributed by atoms with Crippen LogP contribution in [-0.4, -0.2) is 9.97 Å². The van der Waals surface area contributed by atoms with Crippen LogP contribution in [0.1, 0.15) is 47.1 Å². The van der Waals surface area contributed by atoms with Crippen LogP contribution in [-0.2, 0) is 26.5 Å². The molecule has 5 heteroatoms. The van der Waals surface area contributed by atoms with Gasteiger partial charge in [-0.1, -0.05) is 68.5 Å². The molecule has 0 aliphatic rings. The summed E-state index contributed by atoms with van der Waals surface area (Å²) in [4.78, 5) is 8.88. The number of rotatable bonds is 3. The van der Waals surface area contributed by atoms with Crippen LogP contribution in [0.15, 0.2) is 88.9 Å². The second kappa shape index (κ2) is 12.5. The fourth-order valence-electron chi connectivity index (χ4n) is 5.07. The van der Waals surface area contributed by atoms with Gasteiger partial charge in [-0.15, -0.1) is 64.9 Å². The molecule has 3 nitrogen and oxygen atoms in total. The van der Waals surface area contributed by atoms with Crippen molar-refractivity contribution in [3.05, 3.63) is 119 Å². The standard InChI is InChI=1S/C25H22NOS.C13H12N.Ir/c1-15-14-26-21(12-16(15)13-25(2,3)4)19-7-5-6-17-18-8-9-22-20(10-11-28-22)24(18)27-23(17)19;1-10-3-6-12(7-4-10)13-8-5-11(2)9-14-13;/h5-6,8-12,14H,13H2,1-4H3;3-6,8-9H,1-2H3;/q2*-1;/i1D3;;. The van der Waals surface area contributed by atoms with Crippen molar-refractivity contribution in [2.45, 2.75) is 47.9 Å². The van der Waals surface area contributed by atoms with Crippen molar-refractivity contribution in [1.29, 1.82) is 0 Å². The predicted molar refractivity (Wildman–Crippen MR) is 177 cm³/mol. The van der Waals surface area contributed by atoms with Gasteiger partial charge in [-0.25, -0.2) is 0 Å². The number of hydrogen-bond acceptors (Lipinski definition) is 4. The van der Waals surface area contributed by atoms with E-state index in [1.807, 2.05) is 49.5 Å². The molecule has 1 radical (unpaired) electrons. The predicted octanol–water partition coefficient (Wildman–Crippen LogP) is 10.7. The van der Waals surface area contributed by atoms with Gasteiger partial charge in [0.1, 0.15) is 5.58 Å². The number of pyridine rings is 2. The van der Waals surface area contributed by atoms with E-state index in [-0.39, 0.29) is 25.5 Å². The number of nitrogens with zero attached hydrogens (tertiary/aromatic N) is 2. The quantitative estimate of drug-likeness (QED) is 0.168. The summed E-state index contributed by atoms with van der Waals surface area (Å²) in [5, 5.41) is 5.24. The summed E-state index contributed by atoms with van der Waals surface area (Å²) in [5.41, 5.74) is 8.51. The third-order valence-electron chi connectivity index (χ3n) is 7.15. The minimum Gasteiger partial charge on any atom is -0.500 e. The second-order valence-corrected chi connectivity index (χ2v) is 12.9. The van der Waals surface area contributed by atoms with Crippen molar-refractivity contribution >= 4 is 43.4 Å². The Morgan fingerprint density at radius 1 is 0.837 bits per heavy atom. The topological polar surface area (TPSA) is 38.9 Å². The van der Waals surface area contributed by atoms with Crippen molar-refractivity contribution in [1.82, 2.24) is 9.97 Å². The normalized spacial score (nSPS) is 12.7. The van der Waals surface area contributed by atoms with E-state index < -0.39 is 6.85 Å². The zero-order chi connectivity index (χ0) is 31.9. The minimum absolute atomic E-state index is 0. The molecule has 0 fully saturated rings. The Kier molecular flexibility index (Phi) is 7.86. The molecule has 0 N–H and O–H groups in total. The number of hydrogen-bond donors (Lipinski definition) is 0. The largest absolute Gasteiger partial charge is 0.500 e. The molecule has 0 saturated heterocycles. The summed E-state index contributed by atoms with van der Waals surface area (Å²) >= 11 is 1.69. The van der Waals surface area contributed by atoms with Crippen LogP contribution in [0.2, 0.25) is 0 Å². The molecule has 7 rings (SSSR count). The van der Waals surface area contributed by atoms with Crippen LogP contribution in [0.25, 0.3) is 54.5 Å². The molecule has 4 heterocycles. The van der Waals surface area contributed by atoms with Gasteiger partial charge in [-0.3, -0.25) is 0 Å². The van der Waals surface area contributed by atoms with E-state index in [0.29, 0.717) is 17.7 Å². The third kappa shape index (κ3) is 6.65. The summed E-state index contributed by atoms with van der Waals surface area (Å²) in [6, 6.07) is 28.8. The first kappa shape index (κ1) is 27.0. The van der Waals surface area contributed by atoms with Crippen LogP contribution in [0.5, 0.6) is 0 Å². The number of benzene rings is 3. The van der Waals surface area contributed by atoms with E-state index in [2.05, 4.69) is 85.5 Å². The van der Waals surface area contributed by atoms with Crippen LogP contribution >= 0.6 is 11.3 Å². The van der Waals surface area contributed by atoms with Crippen LogP contribution in [0.4, 0.5) is 0 Å². The summed E-state index contributed by atoms with van der Waals surface area (Å²) < 4.78 is 31.3. The number of aryl methyl sites for hydroxylation is 3. The van der Waals surface area contributed by atoms with Crippen molar-refractivity contribution in [2.24, 2.45) is 5.41 Å². The van der Waals surface area contributed by atoms with Crippen molar-refractivity contribution in [2.75, 3.05) is 0 Å². The first-order valence-electron chi connectivity index (χ1n) is 15.5. The van der Waals surface area contributed by atoms with E-state index in [4.69, 9.17) is 8.53 Å². The molecule has 0 atom stereocenters. The zero-order valence-corrected chi connectivity index (χ0v) is 28.0.